The minimum absolute atomic E-state index is 0.184. The monoisotopic (exact) mass is 302 g/mol. The molecule has 1 aromatic rings. The fourth-order valence-electron chi connectivity index (χ4n) is 1.33. The van der Waals surface area contributed by atoms with Crippen molar-refractivity contribution in [3.8, 4) is 0 Å². The molecule has 1 rings (SSSR count). The summed E-state index contributed by atoms with van der Waals surface area (Å²) in [6, 6.07) is 8.21. The van der Waals surface area contributed by atoms with Crippen LogP contribution in [0.2, 0.25) is 0 Å². The van der Waals surface area contributed by atoms with E-state index in [1.807, 2.05) is 12.1 Å². The third-order valence-corrected chi connectivity index (χ3v) is 4.02. The molecule has 0 bridgehead atoms. The van der Waals surface area contributed by atoms with Crippen LogP contribution < -0.4 is 0 Å². The van der Waals surface area contributed by atoms with Crippen molar-refractivity contribution in [2.45, 2.75) is 37.7 Å². The van der Waals surface area contributed by atoms with Crippen molar-refractivity contribution in [1.82, 2.24) is 0 Å². The van der Waals surface area contributed by atoms with Crippen LogP contribution in [0.3, 0.4) is 0 Å². The maximum absolute atomic E-state index is 9.78. The van der Waals surface area contributed by atoms with Gasteiger partial charge in [-0.2, -0.15) is 0 Å². The van der Waals surface area contributed by atoms with Gasteiger partial charge in [-0.05, 0) is 43.0 Å². The van der Waals surface area contributed by atoms with E-state index in [1.54, 1.807) is 11.8 Å². The standard InChI is InChI=1S/C13H19BrOS/c1-10(2)3-6-12(15)9-16-13-7-4-11(14)5-8-13/h4-5,7-8,10,12,15H,3,6,9H2,1-2H3. The van der Waals surface area contributed by atoms with Gasteiger partial charge in [0.1, 0.15) is 0 Å². The summed E-state index contributed by atoms with van der Waals surface area (Å²) < 4.78 is 1.09. The Labute approximate surface area is 111 Å². The molecule has 1 unspecified atom stereocenters. The first-order chi connectivity index (χ1) is 7.58. The summed E-state index contributed by atoms with van der Waals surface area (Å²) in [7, 11) is 0. The van der Waals surface area contributed by atoms with Crippen molar-refractivity contribution in [2.75, 3.05) is 5.75 Å². The summed E-state index contributed by atoms with van der Waals surface area (Å²) >= 11 is 5.13. The Morgan fingerprint density at radius 1 is 1.19 bits per heavy atom. The van der Waals surface area contributed by atoms with Gasteiger partial charge in [-0.1, -0.05) is 29.8 Å². The molecule has 0 amide bonds. The Morgan fingerprint density at radius 3 is 2.38 bits per heavy atom. The highest BCUT2D eigenvalue weighted by Gasteiger charge is 2.06. The van der Waals surface area contributed by atoms with E-state index in [9.17, 15) is 5.11 Å². The Kier molecular flexibility index (Phi) is 6.47. The van der Waals surface area contributed by atoms with Crippen LogP contribution in [0.4, 0.5) is 0 Å². The van der Waals surface area contributed by atoms with Crippen molar-refractivity contribution >= 4 is 27.7 Å². The molecule has 0 heterocycles. The van der Waals surface area contributed by atoms with Crippen molar-refractivity contribution in [2.24, 2.45) is 5.92 Å². The molecule has 0 saturated heterocycles. The van der Waals surface area contributed by atoms with E-state index < -0.39 is 0 Å². The molecule has 0 fully saturated rings. The van der Waals surface area contributed by atoms with Gasteiger partial charge in [-0.25, -0.2) is 0 Å². The zero-order chi connectivity index (χ0) is 12.0. The number of aliphatic hydroxyl groups excluding tert-OH is 1. The average Bonchev–Trinajstić information content (AvgIpc) is 2.25. The molecule has 0 saturated carbocycles. The fourth-order valence-corrected chi connectivity index (χ4v) is 2.48. The topological polar surface area (TPSA) is 20.2 Å². The Balaban J connectivity index is 2.26. The lowest BCUT2D eigenvalue weighted by Crippen LogP contribution is -2.10. The molecule has 3 heteroatoms. The quantitative estimate of drug-likeness (QED) is 0.789. The summed E-state index contributed by atoms with van der Waals surface area (Å²) in [5.41, 5.74) is 0. The lowest BCUT2D eigenvalue weighted by molar-refractivity contribution is 0.180. The predicted octanol–water partition coefficient (Wildman–Crippen LogP) is 4.34. The van der Waals surface area contributed by atoms with Gasteiger partial charge >= 0.3 is 0 Å². The second-order valence-corrected chi connectivity index (χ2v) is 6.40. The number of rotatable bonds is 6. The molecule has 16 heavy (non-hydrogen) atoms. The van der Waals surface area contributed by atoms with Gasteiger partial charge < -0.3 is 5.11 Å². The molecule has 1 atom stereocenters. The minimum atomic E-state index is -0.184. The second-order valence-electron chi connectivity index (χ2n) is 4.39. The van der Waals surface area contributed by atoms with E-state index >= 15 is 0 Å². The zero-order valence-corrected chi connectivity index (χ0v) is 12.2. The highest BCUT2D eigenvalue weighted by Crippen LogP contribution is 2.22. The maximum Gasteiger partial charge on any atom is 0.0634 e. The molecule has 1 aromatic carbocycles. The van der Waals surface area contributed by atoms with Crippen LogP contribution in [-0.4, -0.2) is 17.0 Å². The van der Waals surface area contributed by atoms with Crippen LogP contribution in [-0.2, 0) is 0 Å². The summed E-state index contributed by atoms with van der Waals surface area (Å²) in [6.45, 7) is 4.38. The summed E-state index contributed by atoms with van der Waals surface area (Å²) in [5, 5.41) is 9.78. The first-order valence-electron chi connectivity index (χ1n) is 5.64. The van der Waals surface area contributed by atoms with Crippen molar-refractivity contribution in [3.05, 3.63) is 28.7 Å². The molecule has 0 spiro atoms. The first-order valence-corrected chi connectivity index (χ1v) is 7.42. The van der Waals surface area contributed by atoms with E-state index in [2.05, 4.69) is 41.9 Å². The van der Waals surface area contributed by atoms with Gasteiger partial charge in [0, 0.05) is 15.1 Å². The SMILES string of the molecule is CC(C)CCC(O)CSc1ccc(Br)cc1. The van der Waals surface area contributed by atoms with Gasteiger partial charge in [-0.15, -0.1) is 11.8 Å². The highest BCUT2D eigenvalue weighted by molar-refractivity contribution is 9.10. The van der Waals surface area contributed by atoms with Crippen molar-refractivity contribution in [1.29, 1.82) is 0 Å². The lowest BCUT2D eigenvalue weighted by atomic mass is 10.1. The van der Waals surface area contributed by atoms with Crippen molar-refractivity contribution < 1.29 is 5.11 Å². The molecule has 0 aliphatic rings. The third-order valence-electron chi connectivity index (χ3n) is 2.33. The number of hydrogen-bond donors (Lipinski definition) is 1. The van der Waals surface area contributed by atoms with E-state index in [0.717, 1.165) is 23.1 Å². The molecular formula is C13H19BrOS. The van der Waals surface area contributed by atoms with Gasteiger partial charge in [-0.3, -0.25) is 0 Å². The summed E-state index contributed by atoms with van der Waals surface area (Å²) in [5.74, 6) is 1.46. The number of hydrogen-bond acceptors (Lipinski definition) is 2. The van der Waals surface area contributed by atoms with E-state index in [4.69, 9.17) is 0 Å². The van der Waals surface area contributed by atoms with Gasteiger partial charge in [0.2, 0.25) is 0 Å². The molecule has 1 N–H and O–H groups in total. The highest BCUT2D eigenvalue weighted by atomic mass is 79.9. The van der Waals surface area contributed by atoms with Crippen LogP contribution in [0.25, 0.3) is 0 Å². The van der Waals surface area contributed by atoms with E-state index in [-0.39, 0.29) is 6.10 Å². The van der Waals surface area contributed by atoms with Crippen LogP contribution in [0.5, 0.6) is 0 Å². The van der Waals surface area contributed by atoms with Crippen LogP contribution in [0.15, 0.2) is 33.6 Å². The van der Waals surface area contributed by atoms with E-state index in [1.165, 1.54) is 4.90 Å². The van der Waals surface area contributed by atoms with Crippen LogP contribution in [0.1, 0.15) is 26.7 Å². The number of halogens is 1. The third kappa shape index (κ3) is 5.92. The number of aliphatic hydroxyl groups is 1. The second kappa shape index (κ2) is 7.36. The molecule has 1 nitrogen and oxygen atoms in total. The van der Waals surface area contributed by atoms with Crippen LogP contribution >= 0.6 is 27.7 Å². The average molecular weight is 303 g/mol. The number of benzene rings is 1. The Bertz CT molecular complexity index is 297. The van der Waals surface area contributed by atoms with E-state index in [0.29, 0.717) is 5.92 Å². The maximum atomic E-state index is 9.78. The van der Waals surface area contributed by atoms with Crippen molar-refractivity contribution in [3.63, 3.8) is 0 Å². The van der Waals surface area contributed by atoms with Crippen LogP contribution in [0, 0.1) is 5.92 Å². The largest absolute Gasteiger partial charge is 0.392 e. The molecule has 0 aliphatic heterocycles. The fraction of sp³-hybridized carbons (Fsp3) is 0.538. The summed E-state index contributed by atoms with van der Waals surface area (Å²) in [6.07, 6.45) is 1.82. The molecule has 0 radical (unpaired) electrons. The first kappa shape index (κ1) is 14.1. The predicted molar refractivity (Wildman–Crippen MR) is 74.9 cm³/mol. The zero-order valence-electron chi connectivity index (χ0n) is 9.82. The molecule has 90 valence electrons. The Hall–Kier alpha value is 0.01000. The Morgan fingerprint density at radius 2 is 1.81 bits per heavy atom. The summed E-state index contributed by atoms with van der Waals surface area (Å²) in [4.78, 5) is 1.21. The van der Waals surface area contributed by atoms with Gasteiger partial charge in [0.05, 0.1) is 6.10 Å². The van der Waals surface area contributed by atoms with Gasteiger partial charge in [0.15, 0.2) is 0 Å². The molecule has 0 aromatic heterocycles. The van der Waals surface area contributed by atoms with Gasteiger partial charge in [0.25, 0.3) is 0 Å². The molecule has 0 aliphatic carbocycles. The smallest absolute Gasteiger partial charge is 0.0634 e. The number of thioether (sulfide) groups is 1. The minimum Gasteiger partial charge on any atom is -0.392 e. The lowest BCUT2D eigenvalue weighted by Gasteiger charge is -2.11. The molecular weight excluding hydrogens is 284 g/mol. The normalized spacial score (nSPS) is 13.1.